The molecule has 0 radical (unpaired) electrons. The highest BCUT2D eigenvalue weighted by Crippen LogP contribution is 2.60. The van der Waals surface area contributed by atoms with E-state index in [1.807, 2.05) is 18.2 Å². The third-order valence-electron chi connectivity index (χ3n) is 6.85. The Morgan fingerprint density at radius 2 is 1.60 bits per heavy atom. The number of nitriles is 2. The van der Waals surface area contributed by atoms with Crippen LogP contribution in [0.25, 0.3) is 6.08 Å². The van der Waals surface area contributed by atoms with Crippen LogP contribution >= 0.6 is 0 Å². The van der Waals surface area contributed by atoms with Gasteiger partial charge in [0, 0.05) is 17.7 Å². The fourth-order valence-electron chi connectivity index (χ4n) is 5.35. The third kappa shape index (κ3) is 3.40. The highest BCUT2D eigenvalue weighted by atomic mass is 19.4. The summed E-state index contributed by atoms with van der Waals surface area (Å²) in [7, 11) is 0. The van der Waals surface area contributed by atoms with Crippen molar-refractivity contribution in [3.05, 3.63) is 113 Å². The summed E-state index contributed by atoms with van der Waals surface area (Å²) >= 11 is 0. The van der Waals surface area contributed by atoms with Crippen molar-refractivity contribution in [3.63, 3.8) is 0 Å². The molecule has 1 fully saturated rings. The SMILES string of the molecule is N#CC1(C#N)[C@@H]2c3ccccc3C=CN2[C@@H](C(=O)c2cccc(C(F)(F)F)c2)[C@@H]1c1ccccc1. The zero-order valence-electron chi connectivity index (χ0n) is 18.3. The summed E-state index contributed by atoms with van der Waals surface area (Å²) in [4.78, 5) is 15.6. The molecule has 0 amide bonds. The van der Waals surface area contributed by atoms with Gasteiger partial charge in [0.1, 0.15) is 6.04 Å². The molecule has 2 aliphatic rings. The molecule has 5 rings (SSSR count). The van der Waals surface area contributed by atoms with Gasteiger partial charge in [0.25, 0.3) is 0 Å². The molecule has 172 valence electrons. The number of alkyl halides is 3. The number of hydrogen-bond donors (Lipinski definition) is 0. The molecule has 0 aliphatic carbocycles. The van der Waals surface area contributed by atoms with Gasteiger partial charge in [-0.1, -0.05) is 66.7 Å². The fourth-order valence-corrected chi connectivity index (χ4v) is 5.35. The summed E-state index contributed by atoms with van der Waals surface area (Å²) in [6.07, 6.45) is -1.14. The molecule has 0 unspecified atom stereocenters. The molecular weight excluding hydrogens is 451 g/mol. The van der Waals surface area contributed by atoms with Crippen molar-refractivity contribution in [1.29, 1.82) is 10.5 Å². The minimum Gasteiger partial charge on any atom is -0.357 e. The molecule has 7 heteroatoms. The van der Waals surface area contributed by atoms with Gasteiger partial charge < -0.3 is 4.90 Å². The Balaban J connectivity index is 1.74. The lowest BCUT2D eigenvalue weighted by Crippen LogP contribution is -2.37. The molecule has 3 atom stereocenters. The standard InChI is InChI=1S/C28H18F3N3O/c29-28(30,31)21-11-6-10-20(15-21)25(35)24-23(19-8-2-1-3-9-19)27(16-32,17-33)26-22-12-5-4-7-18(22)13-14-34(24)26/h1-15,23-24,26H/t23-,24+,26-/m0/s1. The monoisotopic (exact) mass is 469 g/mol. The van der Waals surface area contributed by atoms with Crippen LogP contribution < -0.4 is 0 Å². The maximum absolute atomic E-state index is 13.9. The number of ketones is 1. The van der Waals surface area contributed by atoms with Crippen LogP contribution in [-0.4, -0.2) is 16.7 Å². The predicted molar refractivity (Wildman–Crippen MR) is 122 cm³/mol. The Kier molecular flexibility index (Phi) is 5.22. The highest BCUT2D eigenvalue weighted by Gasteiger charge is 2.63. The van der Waals surface area contributed by atoms with Crippen molar-refractivity contribution in [3.8, 4) is 12.1 Å². The number of Topliss-reactive ketones (excluding diaryl/α,β-unsaturated/α-hetero) is 1. The van der Waals surface area contributed by atoms with Crippen molar-refractivity contribution in [2.24, 2.45) is 5.41 Å². The van der Waals surface area contributed by atoms with Gasteiger partial charge in [0.2, 0.25) is 0 Å². The number of benzene rings is 3. The van der Waals surface area contributed by atoms with E-state index in [0.29, 0.717) is 5.56 Å². The summed E-state index contributed by atoms with van der Waals surface area (Å²) in [5.41, 5.74) is -0.573. The second kappa shape index (κ2) is 8.14. The van der Waals surface area contributed by atoms with E-state index in [0.717, 1.165) is 23.3 Å². The first-order chi connectivity index (χ1) is 16.8. The van der Waals surface area contributed by atoms with Gasteiger partial charge in [-0.25, -0.2) is 0 Å². The van der Waals surface area contributed by atoms with Gasteiger partial charge in [-0.2, -0.15) is 23.7 Å². The molecule has 35 heavy (non-hydrogen) atoms. The van der Waals surface area contributed by atoms with Gasteiger partial charge >= 0.3 is 6.18 Å². The Bertz CT molecular complexity index is 1400. The predicted octanol–water partition coefficient (Wildman–Crippen LogP) is 6.12. The van der Waals surface area contributed by atoms with Crippen LogP contribution in [0, 0.1) is 28.1 Å². The van der Waals surface area contributed by atoms with Gasteiger partial charge in [-0.15, -0.1) is 0 Å². The highest BCUT2D eigenvalue weighted by molar-refractivity contribution is 6.02. The van der Waals surface area contributed by atoms with E-state index in [1.165, 1.54) is 12.1 Å². The van der Waals surface area contributed by atoms with Gasteiger partial charge in [-0.3, -0.25) is 4.79 Å². The fraction of sp³-hybridized carbons (Fsp3) is 0.179. The van der Waals surface area contributed by atoms with Crippen LogP contribution in [0.5, 0.6) is 0 Å². The van der Waals surface area contributed by atoms with Crippen molar-refractivity contribution in [1.82, 2.24) is 4.90 Å². The van der Waals surface area contributed by atoms with Gasteiger partial charge in [0.15, 0.2) is 11.2 Å². The number of carbonyl (C=O) groups excluding carboxylic acids is 1. The second-order valence-electron chi connectivity index (χ2n) is 8.66. The van der Waals surface area contributed by atoms with Gasteiger partial charge in [0.05, 0.1) is 23.7 Å². The first kappa shape index (κ1) is 22.4. The van der Waals surface area contributed by atoms with Gasteiger partial charge in [-0.05, 0) is 34.9 Å². The minimum absolute atomic E-state index is 0.122. The minimum atomic E-state index is -4.61. The summed E-state index contributed by atoms with van der Waals surface area (Å²) < 4.78 is 40.2. The number of fused-ring (bicyclic) bond motifs is 3. The lowest BCUT2D eigenvalue weighted by atomic mass is 9.67. The Hall–Kier alpha value is -4.36. The first-order valence-electron chi connectivity index (χ1n) is 11.0. The molecule has 1 saturated heterocycles. The Morgan fingerprint density at radius 1 is 0.914 bits per heavy atom. The van der Waals surface area contributed by atoms with E-state index in [-0.39, 0.29) is 5.56 Å². The van der Waals surface area contributed by atoms with Crippen LogP contribution in [0.4, 0.5) is 13.2 Å². The summed E-state index contributed by atoms with van der Waals surface area (Å²) in [6.45, 7) is 0. The maximum Gasteiger partial charge on any atom is 0.416 e. The molecule has 2 heterocycles. The Labute approximate surface area is 200 Å². The molecular formula is C28H18F3N3O. The molecule has 2 aliphatic heterocycles. The average molecular weight is 469 g/mol. The average Bonchev–Trinajstić information content (AvgIpc) is 3.19. The van der Waals surface area contributed by atoms with Crippen molar-refractivity contribution in [2.75, 3.05) is 0 Å². The number of halogens is 3. The lowest BCUT2D eigenvalue weighted by molar-refractivity contribution is -0.137. The number of hydrogen-bond acceptors (Lipinski definition) is 4. The molecule has 0 saturated carbocycles. The largest absolute Gasteiger partial charge is 0.416 e. The third-order valence-corrected chi connectivity index (χ3v) is 6.85. The van der Waals surface area contributed by atoms with E-state index >= 15 is 0 Å². The van der Waals surface area contributed by atoms with Crippen molar-refractivity contribution >= 4 is 11.9 Å². The smallest absolute Gasteiger partial charge is 0.357 e. The quantitative estimate of drug-likeness (QED) is 0.434. The topological polar surface area (TPSA) is 67.9 Å². The summed E-state index contributed by atoms with van der Waals surface area (Å²) in [5.74, 6) is -1.48. The molecule has 4 nitrogen and oxygen atoms in total. The van der Waals surface area contributed by atoms with E-state index in [1.54, 1.807) is 53.6 Å². The second-order valence-corrected chi connectivity index (χ2v) is 8.66. The zero-order valence-corrected chi connectivity index (χ0v) is 18.3. The molecule has 3 aromatic rings. The molecule has 0 spiro atoms. The van der Waals surface area contributed by atoms with Crippen molar-refractivity contribution in [2.45, 2.75) is 24.2 Å². The first-order valence-corrected chi connectivity index (χ1v) is 11.0. The summed E-state index contributed by atoms with van der Waals surface area (Å²) in [5, 5.41) is 20.9. The van der Waals surface area contributed by atoms with Crippen LogP contribution in [0.2, 0.25) is 0 Å². The van der Waals surface area contributed by atoms with E-state index in [4.69, 9.17) is 0 Å². The number of nitrogens with zero attached hydrogens (tertiary/aromatic N) is 3. The van der Waals surface area contributed by atoms with Crippen molar-refractivity contribution < 1.29 is 18.0 Å². The normalized spacial score (nSPS) is 22.0. The summed E-state index contributed by atoms with van der Waals surface area (Å²) in [6, 6.07) is 23.0. The lowest BCUT2D eigenvalue weighted by Gasteiger charge is -2.34. The molecule has 0 aromatic heterocycles. The van der Waals surface area contributed by atoms with E-state index in [2.05, 4.69) is 12.1 Å². The zero-order chi connectivity index (χ0) is 24.8. The number of rotatable bonds is 3. The molecule has 0 N–H and O–H groups in total. The molecule has 3 aromatic carbocycles. The van der Waals surface area contributed by atoms with Crippen LogP contribution in [0.3, 0.4) is 0 Å². The van der Waals surface area contributed by atoms with Crippen LogP contribution in [0.1, 0.15) is 44.6 Å². The van der Waals surface area contributed by atoms with Crippen LogP contribution in [0.15, 0.2) is 85.1 Å². The van der Waals surface area contributed by atoms with E-state index in [9.17, 15) is 28.5 Å². The van der Waals surface area contributed by atoms with Crippen LogP contribution in [-0.2, 0) is 6.18 Å². The number of carbonyl (C=O) groups is 1. The Morgan fingerprint density at radius 3 is 2.29 bits per heavy atom. The maximum atomic E-state index is 13.9. The van der Waals surface area contributed by atoms with E-state index < -0.39 is 40.9 Å². The molecule has 0 bridgehead atoms.